The summed E-state index contributed by atoms with van der Waals surface area (Å²) in [6.07, 6.45) is 0. The molecular formula is C12H15IO6. The van der Waals surface area contributed by atoms with E-state index in [-0.39, 0.29) is 13.6 Å². The Kier molecular flexibility index (Phi) is 6.89. The average Bonchev–Trinajstić information content (AvgIpc) is 2.43. The van der Waals surface area contributed by atoms with Gasteiger partial charge in [0.2, 0.25) is 0 Å². The molecule has 0 aromatic heterocycles. The summed E-state index contributed by atoms with van der Waals surface area (Å²) >= 11 is 1.99. The van der Waals surface area contributed by atoms with Gasteiger partial charge in [0.1, 0.15) is 0 Å². The summed E-state index contributed by atoms with van der Waals surface area (Å²) in [5, 5.41) is 0. The first-order valence-corrected chi connectivity index (χ1v) is 6.37. The molecule has 1 rings (SSSR count). The van der Waals surface area contributed by atoms with Gasteiger partial charge in [-0.3, -0.25) is 0 Å². The second-order valence-corrected chi connectivity index (χ2v) is 4.43. The first kappa shape index (κ1) is 16.0. The number of hydrogen-bond donors (Lipinski definition) is 0. The molecule has 0 aliphatic heterocycles. The molecule has 1 aromatic carbocycles. The van der Waals surface area contributed by atoms with Gasteiger partial charge in [-0.25, -0.2) is 4.79 Å². The van der Waals surface area contributed by atoms with Crippen LogP contribution in [0, 0.1) is 3.57 Å². The quantitative estimate of drug-likeness (QED) is 0.409. The molecule has 0 radical (unpaired) electrons. The molecule has 19 heavy (non-hydrogen) atoms. The average molecular weight is 382 g/mol. The number of methoxy groups -OCH3 is 3. The fraction of sp³-hybridized carbons (Fsp3) is 0.417. The molecular weight excluding hydrogens is 367 g/mol. The Morgan fingerprint density at radius 1 is 1.11 bits per heavy atom. The lowest BCUT2D eigenvalue weighted by molar-refractivity contribution is 0.0315. The first-order valence-electron chi connectivity index (χ1n) is 5.30. The van der Waals surface area contributed by atoms with Gasteiger partial charge in [-0.2, -0.15) is 0 Å². The van der Waals surface area contributed by atoms with E-state index in [2.05, 4.69) is 0 Å². The van der Waals surface area contributed by atoms with E-state index >= 15 is 0 Å². The highest BCUT2D eigenvalue weighted by atomic mass is 127. The van der Waals surface area contributed by atoms with E-state index in [1.165, 1.54) is 21.3 Å². The van der Waals surface area contributed by atoms with E-state index < -0.39 is 5.97 Å². The summed E-state index contributed by atoms with van der Waals surface area (Å²) in [6.45, 7) is 0.126. The minimum Gasteiger partial charge on any atom is -0.465 e. The third-order valence-electron chi connectivity index (χ3n) is 2.12. The second kappa shape index (κ2) is 8.18. The van der Waals surface area contributed by atoms with Gasteiger partial charge in [0.15, 0.2) is 25.1 Å². The van der Waals surface area contributed by atoms with Crippen LogP contribution in [0.1, 0.15) is 10.4 Å². The Labute approximate surface area is 125 Å². The molecule has 1 aromatic rings. The van der Waals surface area contributed by atoms with Crippen molar-refractivity contribution in [3.63, 3.8) is 0 Å². The predicted octanol–water partition coefficient (Wildman–Crippen LogP) is 2.04. The van der Waals surface area contributed by atoms with E-state index in [4.69, 9.17) is 23.7 Å². The van der Waals surface area contributed by atoms with Crippen LogP contribution in [0.4, 0.5) is 0 Å². The summed E-state index contributed by atoms with van der Waals surface area (Å²) in [7, 11) is 4.35. The molecule has 0 unspecified atom stereocenters. The number of rotatable bonds is 7. The number of hydrogen-bond acceptors (Lipinski definition) is 6. The van der Waals surface area contributed by atoms with Gasteiger partial charge < -0.3 is 23.7 Å². The molecule has 0 aliphatic carbocycles. The van der Waals surface area contributed by atoms with Crippen molar-refractivity contribution in [1.82, 2.24) is 0 Å². The van der Waals surface area contributed by atoms with Crippen LogP contribution in [-0.2, 0) is 14.2 Å². The zero-order valence-electron chi connectivity index (χ0n) is 10.9. The molecule has 6 nitrogen and oxygen atoms in total. The van der Waals surface area contributed by atoms with Crippen molar-refractivity contribution in [2.45, 2.75) is 0 Å². The standard InChI is InChI=1S/C12H15IO6/c1-15-6-18-9-5-4-8(12(14)17-3)10(13)11(9)19-7-16-2/h4-5H,6-7H2,1-3H3. The number of halogens is 1. The van der Waals surface area contributed by atoms with E-state index in [1.54, 1.807) is 12.1 Å². The number of benzene rings is 1. The van der Waals surface area contributed by atoms with Gasteiger partial charge in [0.25, 0.3) is 0 Å². The topological polar surface area (TPSA) is 63.2 Å². The highest BCUT2D eigenvalue weighted by Gasteiger charge is 2.19. The van der Waals surface area contributed by atoms with Crippen molar-refractivity contribution in [3.8, 4) is 11.5 Å². The lowest BCUT2D eigenvalue weighted by Gasteiger charge is -2.15. The van der Waals surface area contributed by atoms with Crippen molar-refractivity contribution in [1.29, 1.82) is 0 Å². The second-order valence-electron chi connectivity index (χ2n) is 3.35. The molecule has 0 saturated heterocycles. The molecule has 0 amide bonds. The van der Waals surface area contributed by atoms with Gasteiger partial charge in [-0.1, -0.05) is 0 Å². The monoisotopic (exact) mass is 382 g/mol. The maximum atomic E-state index is 11.6. The molecule has 0 spiro atoms. The Balaban J connectivity index is 3.11. The molecule has 0 aliphatic rings. The molecule has 7 heteroatoms. The van der Waals surface area contributed by atoms with Crippen LogP contribution < -0.4 is 9.47 Å². The maximum absolute atomic E-state index is 11.6. The van der Waals surface area contributed by atoms with Crippen molar-refractivity contribution >= 4 is 28.6 Å². The van der Waals surface area contributed by atoms with Crippen molar-refractivity contribution in [3.05, 3.63) is 21.3 Å². The Bertz CT molecular complexity index is 434. The summed E-state index contributed by atoms with van der Waals surface area (Å²) in [6, 6.07) is 3.23. The van der Waals surface area contributed by atoms with Crippen LogP contribution in [0.3, 0.4) is 0 Å². The highest BCUT2D eigenvalue weighted by Crippen LogP contribution is 2.35. The molecule has 106 valence electrons. The van der Waals surface area contributed by atoms with Crippen molar-refractivity contribution in [2.75, 3.05) is 34.9 Å². The summed E-state index contributed by atoms with van der Waals surface area (Å²) in [4.78, 5) is 11.6. The molecule has 0 bridgehead atoms. The normalized spacial score (nSPS) is 10.1. The summed E-state index contributed by atoms with van der Waals surface area (Å²) in [5.41, 5.74) is 0.402. The molecule has 0 saturated carbocycles. The number of carbonyl (C=O) groups excluding carboxylic acids is 1. The number of ether oxygens (including phenoxy) is 5. The zero-order valence-corrected chi connectivity index (χ0v) is 13.1. The van der Waals surface area contributed by atoms with E-state index in [1.807, 2.05) is 22.6 Å². The lowest BCUT2D eigenvalue weighted by atomic mass is 10.2. The fourth-order valence-corrected chi connectivity index (χ4v) is 2.12. The predicted molar refractivity (Wildman–Crippen MR) is 75.5 cm³/mol. The van der Waals surface area contributed by atoms with E-state index in [9.17, 15) is 4.79 Å². The van der Waals surface area contributed by atoms with E-state index in [0.717, 1.165) is 0 Å². The Hall–Kier alpha value is -1.06. The van der Waals surface area contributed by atoms with Gasteiger partial charge >= 0.3 is 5.97 Å². The zero-order chi connectivity index (χ0) is 14.3. The van der Waals surface area contributed by atoms with Crippen LogP contribution >= 0.6 is 22.6 Å². The van der Waals surface area contributed by atoms with Crippen molar-refractivity contribution < 1.29 is 28.5 Å². The molecule has 0 fully saturated rings. The van der Waals surface area contributed by atoms with Crippen molar-refractivity contribution in [2.24, 2.45) is 0 Å². The minimum atomic E-state index is -0.440. The smallest absolute Gasteiger partial charge is 0.339 e. The van der Waals surface area contributed by atoms with Crippen LogP contribution in [0.2, 0.25) is 0 Å². The van der Waals surface area contributed by atoms with Crippen LogP contribution in [0.5, 0.6) is 11.5 Å². The largest absolute Gasteiger partial charge is 0.465 e. The SMILES string of the molecule is COCOc1ccc(C(=O)OC)c(I)c1OCOC. The maximum Gasteiger partial charge on any atom is 0.339 e. The summed E-state index contributed by atoms with van der Waals surface area (Å²) < 4.78 is 25.8. The number of esters is 1. The first-order chi connectivity index (χ1) is 9.15. The van der Waals surface area contributed by atoms with E-state index in [0.29, 0.717) is 20.6 Å². The fourth-order valence-electron chi connectivity index (χ4n) is 1.29. The minimum absolute atomic E-state index is 0.0456. The van der Waals surface area contributed by atoms with Gasteiger partial charge in [0, 0.05) is 14.2 Å². The van der Waals surface area contributed by atoms with Gasteiger partial charge in [0.05, 0.1) is 16.2 Å². The van der Waals surface area contributed by atoms with Gasteiger partial charge in [-0.15, -0.1) is 0 Å². The number of carbonyl (C=O) groups is 1. The Morgan fingerprint density at radius 3 is 2.32 bits per heavy atom. The summed E-state index contributed by atoms with van der Waals surface area (Å²) in [5.74, 6) is 0.448. The molecule has 0 N–H and O–H groups in total. The third-order valence-corrected chi connectivity index (χ3v) is 3.19. The van der Waals surface area contributed by atoms with Crippen LogP contribution in [0.25, 0.3) is 0 Å². The lowest BCUT2D eigenvalue weighted by Crippen LogP contribution is -2.10. The van der Waals surface area contributed by atoms with Crippen LogP contribution in [0.15, 0.2) is 12.1 Å². The molecule has 0 heterocycles. The van der Waals surface area contributed by atoms with Crippen LogP contribution in [-0.4, -0.2) is 40.9 Å². The van der Waals surface area contributed by atoms with Gasteiger partial charge in [-0.05, 0) is 34.7 Å². The molecule has 0 atom stereocenters. The highest BCUT2D eigenvalue weighted by molar-refractivity contribution is 14.1. The Morgan fingerprint density at radius 2 is 1.74 bits per heavy atom. The third kappa shape index (κ3) is 4.22.